The van der Waals surface area contributed by atoms with Crippen LogP contribution >= 0.6 is 0 Å². The Morgan fingerprint density at radius 1 is 1.12 bits per heavy atom. The number of nitrogens with one attached hydrogen (secondary N) is 2. The second-order valence-electron chi connectivity index (χ2n) is 15.7. The largest absolute Gasteiger partial charge is 0.444 e. The fourth-order valence-electron chi connectivity index (χ4n) is 6.34. The highest BCUT2D eigenvalue weighted by molar-refractivity contribution is 5.94. The molecule has 0 bridgehead atoms. The molecule has 1 saturated carbocycles. The molecule has 2 fully saturated rings. The molecule has 1 saturated heterocycles. The van der Waals surface area contributed by atoms with Crippen molar-refractivity contribution in [1.29, 1.82) is 0 Å². The van der Waals surface area contributed by atoms with Crippen LogP contribution < -0.4 is 10.6 Å². The van der Waals surface area contributed by atoms with E-state index in [1.807, 2.05) is 27.7 Å². The quantitative estimate of drug-likeness (QED) is 0.223. The van der Waals surface area contributed by atoms with Crippen LogP contribution in [-0.2, 0) is 36.9 Å². The number of nitrogens with zero attached hydrogens (tertiary/aromatic N) is 2. The first-order valence-electron chi connectivity index (χ1n) is 17.1. The summed E-state index contributed by atoms with van der Waals surface area (Å²) in [6, 6.07) is 2.36. The van der Waals surface area contributed by atoms with Gasteiger partial charge in [0.05, 0.1) is 18.6 Å². The van der Waals surface area contributed by atoms with Crippen molar-refractivity contribution < 1.29 is 37.8 Å². The lowest BCUT2D eigenvalue weighted by molar-refractivity contribution is -0.140. The molecule has 1 aliphatic carbocycles. The van der Waals surface area contributed by atoms with Crippen molar-refractivity contribution in [2.45, 2.75) is 117 Å². The summed E-state index contributed by atoms with van der Waals surface area (Å²) < 4.78 is 25.6. The van der Waals surface area contributed by atoms with Crippen LogP contribution in [0.25, 0.3) is 0 Å². The Kier molecular flexibility index (Phi) is 11.3. The molecular formula is C38H51FN4O7. The zero-order chi connectivity index (χ0) is 37.2. The number of amides is 4. The smallest absolute Gasteiger partial charge is 0.410 e. The van der Waals surface area contributed by atoms with Crippen LogP contribution in [0.4, 0.5) is 14.0 Å². The number of carbonyl (C=O) groups is 5. The van der Waals surface area contributed by atoms with Gasteiger partial charge in [0.1, 0.15) is 29.6 Å². The molecule has 1 aromatic carbocycles. The van der Waals surface area contributed by atoms with Crippen molar-refractivity contribution in [1.82, 2.24) is 20.4 Å². The van der Waals surface area contributed by atoms with Crippen LogP contribution in [0, 0.1) is 17.2 Å². The highest BCUT2D eigenvalue weighted by Gasteiger charge is 2.56. The highest BCUT2D eigenvalue weighted by Crippen LogP contribution is 2.49. The first kappa shape index (κ1) is 38.3. The molecule has 12 heteroatoms. The van der Waals surface area contributed by atoms with Gasteiger partial charge in [-0.15, -0.1) is 6.58 Å². The molecule has 0 aromatic heterocycles. The van der Waals surface area contributed by atoms with Gasteiger partial charge in [-0.1, -0.05) is 57.2 Å². The van der Waals surface area contributed by atoms with E-state index in [1.54, 1.807) is 45.1 Å². The van der Waals surface area contributed by atoms with Crippen LogP contribution in [0.1, 0.15) is 85.3 Å². The van der Waals surface area contributed by atoms with Crippen LogP contribution in [0.2, 0.25) is 0 Å². The van der Waals surface area contributed by atoms with Gasteiger partial charge in [-0.3, -0.25) is 19.3 Å². The normalized spacial score (nSPS) is 23.6. The van der Waals surface area contributed by atoms with Gasteiger partial charge < -0.3 is 25.0 Å². The fraction of sp³-hybridized carbons (Fsp3) is 0.553. The molecule has 2 aliphatic heterocycles. The summed E-state index contributed by atoms with van der Waals surface area (Å²) >= 11 is 0. The number of rotatable bonds is 11. The van der Waals surface area contributed by atoms with Crippen LogP contribution in [-0.4, -0.2) is 75.5 Å². The molecule has 1 aromatic rings. The Hall–Kier alpha value is -4.48. The van der Waals surface area contributed by atoms with Crippen molar-refractivity contribution >= 4 is 29.8 Å². The topological polar surface area (TPSA) is 134 Å². The molecule has 0 radical (unpaired) electrons. The monoisotopic (exact) mass is 694 g/mol. The summed E-state index contributed by atoms with van der Waals surface area (Å²) in [7, 11) is 0. The Morgan fingerprint density at radius 3 is 2.40 bits per heavy atom. The van der Waals surface area contributed by atoms with E-state index in [0.29, 0.717) is 17.5 Å². The summed E-state index contributed by atoms with van der Waals surface area (Å²) in [6.45, 7) is 20.7. The second-order valence-corrected chi connectivity index (χ2v) is 15.7. The molecule has 4 rings (SSSR count). The first-order chi connectivity index (χ1) is 23.2. The van der Waals surface area contributed by atoms with Crippen molar-refractivity contribution in [3.63, 3.8) is 0 Å². The zero-order valence-corrected chi connectivity index (χ0v) is 30.3. The fourth-order valence-corrected chi connectivity index (χ4v) is 6.34. The summed E-state index contributed by atoms with van der Waals surface area (Å²) in [5.74, 6) is -1.78. The minimum atomic E-state index is -1.23. The summed E-state index contributed by atoms with van der Waals surface area (Å²) in [5.41, 5.74) is 0.0201. The lowest BCUT2D eigenvalue weighted by Crippen LogP contribution is -2.55. The van der Waals surface area contributed by atoms with E-state index in [0.717, 1.165) is 5.57 Å². The predicted octanol–water partition coefficient (Wildman–Crippen LogP) is 5.73. The van der Waals surface area contributed by atoms with Crippen molar-refractivity contribution in [3.05, 3.63) is 72.1 Å². The van der Waals surface area contributed by atoms with Crippen molar-refractivity contribution in [3.8, 4) is 0 Å². The van der Waals surface area contributed by atoms with E-state index in [1.165, 1.54) is 21.9 Å². The molecule has 11 nitrogen and oxygen atoms in total. The number of hydrogen-bond donors (Lipinski definition) is 2. The van der Waals surface area contributed by atoms with Gasteiger partial charge >= 0.3 is 12.2 Å². The highest BCUT2D eigenvalue weighted by atomic mass is 19.1. The second kappa shape index (κ2) is 14.8. The third kappa shape index (κ3) is 9.39. The molecule has 5 atom stereocenters. The van der Waals surface area contributed by atoms with E-state index in [-0.39, 0.29) is 56.0 Å². The number of allylic oxidation sites excluding steroid dienone is 2. The number of halogens is 1. The molecule has 2 heterocycles. The van der Waals surface area contributed by atoms with E-state index >= 15 is 0 Å². The van der Waals surface area contributed by atoms with Crippen molar-refractivity contribution in [2.24, 2.45) is 11.3 Å². The number of likely N-dealkylation sites (tertiary alicyclic amines) is 1. The van der Waals surface area contributed by atoms with E-state index < -0.39 is 59.1 Å². The Bertz CT molecular complexity index is 1580. The summed E-state index contributed by atoms with van der Waals surface area (Å²) in [6.07, 6.45) is 3.00. The molecular weight excluding hydrogens is 643 g/mol. The average Bonchev–Trinajstić information content (AvgIpc) is 3.31. The first-order valence-corrected chi connectivity index (χ1v) is 17.1. The molecule has 0 spiro atoms. The molecule has 4 unspecified atom stereocenters. The summed E-state index contributed by atoms with van der Waals surface area (Å²) in [5, 5.41) is 5.67. The van der Waals surface area contributed by atoms with Gasteiger partial charge in [-0.25, -0.2) is 14.0 Å². The molecule has 272 valence electrons. The third-order valence-electron chi connectivity index (χ3n) is 9.14. The third-order valence-corrected chi connectivity index (χ3v) is 9.14. The SMILES string of the molecule is C=CC1CC1(NC(=O)C1CC(OC(=O)N2Cc3cccc(F)c3C2)CN1C(=O)[C@H](CCC(=O)/C=C/C(C)(C)C)NC(=O)OC(C)(C)C)C(=C)C. The number of ketones is 1. The van der Waals surface area contributed by atoms with Gasteiger partial charge in [-0.2, -0.15) is 0 Å². The number of alkyl carbamates (subject to hydrolysis) is 1. The summed E-state index contributed by atoms with van der Waals surface area (Å²) in [4.78, 5) is 70.0. The van der Waals surface area contributed by atoms with Crippen LogP contribution in [0.3, 0.4) is 0 Å². The van der Waals surface area contributed by atoms with Gasteiger partial charge in [-0.05, 0) is 63.7 Å². The maximum absolute atomic E-state index is 14.4. The molecule has 50 heavy (non-hydrogen) atoms. The van der Waals surface area contributed by atoms with E-state index in [2.05, 4.69) is 23.8 Å². The Labute approximate surface area is 294 Å². The van der Waals surface area contributed by atoms with E-state index in [4.69, 9.17) is 9.47 Å². The Balaban J connectivity index is 1.57. The minimum absolute atomic E-state index is 0.0180. The molecule has 2 N–H and O–H groups in total. The minimum Gasteiger partial charge on any atom is -0.444 e. The van der Waals surface area contributed by atoms with Crippen LogP contribution in [0.5, 0.6) is 0 Å². The van der Waals surface area contributed by atoms with Gasteiger partial charge in [0.15, 0.2) is 5.78 Å². The number of fused-ring (bicyclic) bond motifs is 1. The standard InChI is InChI=1S/C38H51FN4O7/c1-10-25-19-38(25,23(2)3)41-32(45)31-18-27(49-35(48)42-20-24-12-11-13-29(39)28(24)22-42)21-43(31)33(46)30(40-34(47)50-37(7,8)9)15-14-26(44)16-17-36(4,5)6/h10-13,16-17,25,27,30-31H,1-2,14-15,18-22H2,3-9H3,(H,40,47)(H,41,45)/b17-16+/t25?,27?,30-,31?,38?/m0/s1. The number of ether oxygens (including phenoxy) is 2. The molecule has 4 amide bonds. The van der Waals surface area contributed by atoms with Gasteiger partial charge in [0, 0.05) is 30.9 Å². The lowest BCUT2D eigenvalue weighted by Gasteiger charge is -2.30. The Morgan fingerprint density at radius 2 is 1.82 bits per heavy atom. The average molecular weight is 695 g/mol. The number of hydrogen-bond acceptors (Lipinski definition) is 7. The number of benzene rings is 1. The maximum atomic E-state index is 14.4. The number of carbonyl (C=O) groups excluding carboxylic acids is 5. The van der Waals surface area contributed by atoms with E-state index in [9.17, 15) is 28.4 Å². The predicted molar refractivity (Wildman–Crippen MR) is 186 cm³/mol. The lowest BCUT2D eigenvalue weighted by atomic mass is 9.95. The molecule has 3 aliphatic rings. The van der Waals surface area contributed by atoms with Gasteiger partial charge in [0.25, 0.3) is 0 Å². The van der Waals surface area contributed by atoms with Crippen LogP contribution in [0.15, 0.2) is 55.2 Å². The van der Waals surface area contributed by atoms with Crippen molar-refractivity contribution in [2.75, 3.05) is 6.54 Å². The zero-order valence-electron chi connectivity index (χ0n) is 30.3. The maximum Gasteiger partial charge on any atom is 0.410 e. The van der Waals surface area contributed by atoms with Gasteiger partial charge in [0.2, 0.25) is 11.8 Å².